The zero-order valence-electron chi connectivity index (χ0n) is 39.9. The highest BCUT2D eigenvalue weighted by Crippen LogP contribution is 2.54. The Morgan fingerprint density at radius 2 is 1.16 bits per heavy atom. The number of furan rings is 1. The Morgan fingerprint density at radius 1 is 0.486 bits per heavy atom. The first-order valence-corrected chi connectivity index (χ1v) is 26.2. The predicted octanol–water partition coefficient (Wildman–Crippen LogP) is 17.4. The lowest BCUT2D eigenvalue weighted by atomic mass is 9.43. The van der Waals surface area contributed by atoms with E-state index in [0.717, 1.165) is 16.6 Å². The average molecular weight is 935 g/mol. The Labute approximate surface area is 414 Å². The second-order valence-electron chi connectivity index (χ2n) is 21.6. The van der Waals surface area contributed by atoms with Crippen LogP contribution in [0.25, 0.3) is 112 Å². The highest BCUT2D eigenvalue weighted by atomic mass is 32.1. The molecule has 9 aromatic carbocycles. The van der Waals surface area contributed by atoms with Crippen LogP contribution in [0.1, 0.15) is 52.7 Å². The van der Waals surface area contributed by atoms with Crippen LogP contribution in [-0.4, -0.2) is 11.4 Å². The van der Waals surface area contributed by atoms with Crippen molar-refractivity contribution < 1.29 is 4.42 Å². The van der Waals surface area contributed by atoms with Crippen molar-refractivity contribution in [2.75, 3.05) is 4.81 Å². The smallest absolute Gasteiger partial charge is 0.333 e. The van der Waals surface area contributed by atoms with Gasteiger partial charge in [0.15, 0.2) is 0 Å². The lowest BCUT2D eigenvalue weighted by molar-refractivity contribution is 0.590. The van der Waals surface area contributed by atoms with Crippen LogP contribution in [-0.2, 0) is 10.8 Å². The molecule has 0 radical (unpaired) electrons. The molecule has 0 saturated heterocycles. The molecule has 0 unspecified atom stereocenters. The number of benzene rings is 9. The maximum atomic E-state index is 7.32. The molecule has 0 spiro atoms. The summed E-state index contributed by atoms with van der Waals surface area (Å²) in [7, 11) is 0. The highest BCUT2D eigenvalue weighted by molar-refractivity contribution is 7.26. The molecule has 0 atom stereocenters. The number of nitrogens with zero attached hydrogens (tertiary/aromatic N) is 2. The van der Waals surface area contributed by atoms with Crippen LogP contribution in [0.2, 0.25) is 0 Å². The van der Waals surface area contributed by atoms with E-state index in [4.69, 9.17) is 4.42 Å². The van der Waals surface area contributed by atoms with E-state index in [1.165, 1.54) is 129 Å². The Hall–Kier alpha value is -7.38. The fourth-order valence-electron chi connectivity index (χ4n) is 12.1. The Bertz CT molecular complexity index is 4370. The average Bonchev–Trinajstić information content (AvgIpc) is 4.14. The molecule has 70 heavy (non-hydrogen) atoms. The maximum absolute atomic E-state index is 7.32. The fraction of sp³-hybridized carbons (Fsp3) is 0.125. The third kappa shape index (κ3) is 5.52. The molecule has 15 rings (SSSR count). The topological polar surface area (TPSA) is 21.3 Å². The van der Waals surface area contributed by atoms with Gasteiger partial charge in [-0.05, 0) is 110 Å². The van der Waals surface area contributed by atoms with E-state index >= 15 is 0 Å². The molecule has 0 saturated carbocycles. The van der Waals surface area contributed by atoms with E-state index in [1.807, 2.05) is 22.7 Å². The zero-order chi connectivity index (χ0) is 46.9. The van der Waals surface area contributed by atoms with Crippen LogP contribution < -0.4 is 15.7 Å². The Kier molecular flexibility index (Phi) is 8.17. The van der Waals surface area contributed by atoms with Crippen LogP contribution >= 0.6 is 22.7 Å². The molecule has 0 aliphatic carbocycles. The summed E-state index contributed by atoms with van der Waals surface area (Å²) in [5, 5.41) is 8.63. The van der Waals surface area contributed by atoms with Crippen LogP contribution in [0.15, 0.2) is 180 Å². The second-order valence-corrected chi connectivity index (χ2v) is 23.7. The summed E-state index contributed by atoms with van der Waals surface area (Å²) in [5.41, 5.74) is 19.4. The molecule has 4 aromatic heterocycles. The van der Waals surface area contributed by atoms with E-state index in [1.54, 1.807) is 0 Å². The van der Waals surface area contributed by atoms with Gasteiger partial charge in [0.05, 0.1) is 16.4 Å². The molecule has 2 aliphatic heterocycles. The molecule has 0 bridgehead atoms. The van der Waals surface area contributed by atoms with Crippen LogP contribution in [0.5, 0.6) is 0 Å². The normalized spacial score (nSPS) is 13.5. The van der Waals surface area contributed by atoms with Crippen molar-refractivity contribution in [3.63, 3.8) is 0 Å². The van der Waals surface area contributed by atoms with Crippen LogP contribution in [0, 0.1) is 0 Å². The largest absolute Gasteiger partial charge is 0.455 e. The van der Waals surface area contributed by atoms with Gasteiger partial charge in [-0.3, -0.25) is 0 Å². The first kappa shape index (κ1) is 40.5. The van der Waals surface area contributed by atoms with Crippen molar-refractivity contribution in [3.05, 3.63) is 187 Å². The van der Waals surface area contributed by atoms with Crippen molar-refractivity contribution >= 4 is 126 Å². The van der Waals surface area contributed by atoms with Crippen molar-refractivity contribution in [2.24, 2.45) is 0 Å². The molecule has 6 heterocycles. The molecule has 6 heteroatoms. The number of para-hydroxylation sites is 1. The van der Waals surface area contributed by atoms with Gasteiger partial charge in [-0.1, -0.05) is 157 Å². The van der Waals surface area contributed by atoms with Crippen molar-refractivity contribution in [2.45, 2.75) is 52.4 Å². The van der Waals surface area contributed by atoms with Gasteiger partial charge in [-0.25, -0.2) is 0 Å². The molecule has 13 aromatic rings. The lowest BCUT2D eigenvalue weighted by Gasteiger charge is -2.42. The maximum Gasteiger partial charge on any atom is 0.333 e. The van der Waals surface area contributed by atoms with Crippen LogP contribution in [0.3, 0.4) is 0 Å². The number of rotatable bonds is 3. The van der Waals surface area contributed by atoms with Gasteiger partial charge in [0.25, 0.3) is 0 Å². The molecule has 0 fully saturated rings. The quantitative estimate of drug-likeness (QED) is 0.165. The molecular weight excluding hydrogens is 888 g/mol. The first-order valence-electron chi connectivity index (χ1n) is 24.5. The van der Waals surface area contributed by atoms with E-state index < -0.39 is 0 Å². The minimum atomic E-state index is -0.170. The van der Waals surface area contributed by atoms with E-state index in [2.05, 4.69) is 227 Å². The summed E-state index contributed by atoms with van der Waals surface area (Å²) in [6.45, 7) is 13.7. The Morgan fingerprint density at radius 3 is 1.91 bits per heavy atom. The number of aromatic nitrogens is 1. The summed E-state index contributed by atoms with van der Waals surface area (Å²) in [6.07, 6.45) is 0. The number of hydrogen-bond donors (Lipinski definition) is 0. The van der Waals surface area contributed by atoms with Gasteiger partial charge < -0.3 is 13.8 Å². The van der Waals surface area contributed by atoms with Crippen LogP contribution in [0.4, 0.5) is 11.4 Å². The van der Waals surface area contributed by atoms with E-state index in [-0.39, 0.29) is 17.7 Å². The minimum absolute atomic E-state index is 0.0102. The lowest BCUT2D eigenvalue weighted by Crippen LogP contribution is -2.60. The number of hydrogen-bond acceptors (Lipinski definition) is 4. The van der Waals surface area contributed by atoms with E-state index in [9.17, 15) is 0 Å². The molecule has 334 valence electrons. The summed E-state index contributed by atoms with van der Waals surface area (Å²) in [5.74, 6) is 0. The van der Waals surface area contributed by atoms with Crippen molar-refractivity contribution in [1.82, 2.24) is 4.57 Å². The summed E-state index contributed by atoms with van der Waals surface area (Å²) < 4.78 is 13.8. The van der Waals surface area contributed by atoms with Gasteiger partial charge in [-0.2, -0.15) is 0 Å². The minimum Gasteiger partial charge on any atom is -0.455 e. The molecule has 2 aliphatic rings. The zero-order valence-corrected chi connectivity index (χ0v) is 41.6. The van der Waals surface area contributed by atoms with Gasteiger partial charge in [0.1, 0.15) is 11.2 Å². The van der Waals surface area contributed by atoms with Gasteiger partial charge in [-0.15, -0.1) is 22.7 Å². The number of anilines is 2. The third-order valence-corrected chi connectivity index (χ3v) is 17.8. The highest BCUT2D eigenvalue weighted by Gasteiger charge is 2.46. The SMILES string of the molecule is CC(C)(C)c1ccc(N2B3c4cc5sc(-c6ccccc6)c(-c6ccccc6)c5cc4-n4c5ccc(C(C)(C)C)cc5c5c6oc7ccccc7c6c(c3c54)-c3cc4c(cc32)sc2ccccc24)cc1. The summed E-state index contributed by atoms with van der Waals surface area (Å²) in [6, 6.07) is 66.6. The van der Waals surface area contributed by atoms with Gasteiger partial charge in [0.2, 0.25) is 0 Å². The van der Waals surface area contributed by atoms with Gasteiger partial charge in [0, 0.05) is 79.5 Å². The predicted molar refractivity (Wildman–Crippen MR) is 304 cm³/mol. The number of fused-ring (bicyclic) bond motifs is 17. The third-order valence-electron chi connectivity index (χ3n) is 15.5. The van der Waals surface area contributed by atoms with E-state index in [0.29, 0.717) is 0 Å². The summed E-state index contributed by atoms with van der Waals surface area (Å²) >= 11 is 3.82. The number of thiophene rings is 2. The Balaban J connectivity index is 1.18. The first-order chi connectivity index (χ1) is 34.0. The molecular formula is C64H47BN2OS2. The monoisotopic (exact) mass is 934 g/mol. The molecule has 0 amide bonds. The summed E-state index contributed by atoms with van der Waals surface area (Å²) in [4.78, 5) is 4.00. The van der Waals surface area contributed by atoms with Gasteiger partial charge >= 0.3 is 6.85 Å². The molecule has 0 N–H and O–H groups in total. The second kappa shape index (κ2) is 14.1. The molecule has 3 nitrogen and oxygen atoms in total. The standard InChI is InChI=1S/C64H47BN2OS2/c1-63(2,3)38-25-28-40(29-26-38)67-49-35-54-43(41-21-14-16-24-52(41)69-54)32-45(49)56-57-42-22-13-15-23-51(42)68-61(57)58-44-31-39(64(4,5)6)27-30-48(44)66-50-33-46-53(34-47(50)65(67)59(56)60(58)66)70-62(37-19-11-8-12-20-37)55(46)36-17-9-7-10-18-36/h7-35H,1-6H3. The fourth-order valence-corrected chi connectivity index (χ4v) is 14.5. The van der Waals surface area contributed by atoms with Crippen molar-refractivity contribution in [1.29, 1.82) is 0 Å². The van der Waals surface area contributed by atoms with Crippen molar-refractivity contribution in [3.8, 4) is 38.4 Å².